The van der Waals surface area contributed by atoms with E-state index in [1.807, 2.05) is 19.1 Å². The summed E-state index contributed by atoms with van der Waals surface area (Å²) in [6.45, 7) is 7.82. The number of hydrogen-bond acceptors (Lipinski definition) is 3. The van der Waals surface area contributed by atoms with E-state index >= 15 is 0 Å². The van der Waals surface area contributed by atoms with Crippen molar-refractivity contribution in [3.63, 3.8) is 0 Å². The Labute approximate surface area is 156 Å². The number of benzene rings is 1. The Bertz CT molecular complexity index is 650. The quantitative estimate of drug-likeness (QED) is 0.723. The molecule has 1 atom stereocenters. The summed E-state index contributed by atoms with van der Waals surface area (Å²) in [7, 11) is 1.63. The number of carbonyl (C=O) groups is 1. The number of nitrogens with one attached hydrogen (secondary N) is 1. The van der Waals surface area contributed by atoms with Gasteiger partial charge in [-0.1, -0.05) is 38.1 Å². The van der Waals surface area contributed by atoms with Crippen LogP contribution >= 0.6 is 0 Å². The number of amides is 2. The molecule has 0 bridgehead atoms. The largest absolute Gasteiger partial charge is 0.467 e. The molecule has 5 heteroatoms. The molecule has 0 aliphatic rings. The average Bonchev–Trinajstić information content (AvgIpc) is 3.11. The Balaban J connectivity index is 1.97. The topological polar surface area (TPSA) is 54.7 Å². The zero-order chi connectivity index (χ0) is 18.9. The summed E-state index contributed by atoms with van der Waals surface area (Å²) in [5.41, 5.74) is 2.41. The van der Waals surface area contributed by atoms with E-state index in [9.17, 15) is 4.79 Å². The lowest BCUT2D eigenvalue weighted by molar-refractivity contribution is 0.141. The molecule has 142 valence electrons. The van der Waals surface area contributed by atoms with Crippen molar-refractivity contribution >= 4 is 6.03 Å². The number of methoxy groups -OCH3 is 1. The molecule has 26 heavy (non-hydrogen) atoms. The molecule has 1 unspecified atom stereocenters. The maximum atomic E-state index is 12.7. The zero-order valence-electron chi connectivity index (χ0n) is 16.2. The van der Waals surface area contributed by atoms with Crippen LogP contribution in [-0.2, 0) is 17.7 Å². The van der Waals surface area contributed by atoms with Crippen molar-refractivity contribution in [3.8, 4) is 0 Å². The van der Waals surface area contributed by atoms with Gasteiger partial charge in [-0.3, -0.25) is 0 Å². The predicted molar refractivity (Wildman–Crippen MR) is 103 cm³/mol. The minimum Gasteiger partial charge on any atom is -0.467 e. The van der Waals surface area contributed by atoms with Gasteiger partial charge >= 0.3 is 6.03 Å². The average molecular weight is 358 g/mol. The van der Waals surface area contributed by atoms with Gasteiger partial charge in [-0.15, -0.1) is 0 Å². The molecule has 2 rings (SSSR count). The van der Waals surface area contributed by atoms with Crippen LogP contribution in [0.3, 0.4) is 0 Å². The summed E-state index contributed by atoms with van der Waals surface area (Å²) < 4.78 is 10.5. The van der Waals surface area contributed by atoms with Gasteiger partial charge in [0.2, 0.25) is 0 Å². The zero-order valence-corrected chi connectivity index (χ0v) is 16.2. The van der Waals surface area contributed by atoms with Crippen LogP contribution in [-0.4, -0.2) is 31.2 Å². The van der Waals surface area contributed by atoms with Crippen molar-refractivity contribution in [2.75, 3.05) is 20.3 Å². The first-order valence-corrected chi connectivity index (χ1v) is 9.15. The van der Waals surface area contributed by atoms with E-state index in [1.165, 1.54) is 5.56 Å². The van der Waals surface area contributed by atoms with Crippen LogP contribution < -0.4 is 5.32 Å². The van der Waals surface area contributed by atoms with Gasteiger partial charge in [0.1, 0.15) is 5.76 Å². The number of urea groups is 1. The van der Waals surface area contributed by atoms with Gasteiger partial charge < -0.3 is 19.4 Å². The van der Waals surface area contributed by atoms with Gasteiger partial charge in [0.05, 0.1) is 25.5 Å². The molecule has 0 aliphatic heterocycles. The van der Waals surface area contributed by atoms with E-state index in [2.05, 4.69) is 43.4 Å². The minimum atomic E-state index is -0.128. The third-order valence-corrected chi connectivity index (χ3v) is 4.24. The number of nitrogens with zero attached hydrogens (tertiary/aromatic N) is 1. The summed E-state index contributed by atoms with van der Waals surface area (Å²) in [5.74, 6) is 1.39. The summed E-state index contributed by atoms with van der Waals surface area (Å²) >= 11 is 0. The lowest BCUT2D eigenvalue weighted by Gasteiger charge is -2.24. The molecule has 2 amide bonds. The summed E-state index contributed by atoms with van der Waals surface area (Å²) in [4.78, 5) is 14.4. The van der Waals surface area contributed by atoms with Gasteiger partial charge in [-0.05, 0) is 42.5 Å². The van der Waals surface area contributed by atoms with Gasteiger partial charge in [0, 0.05) is 13.7 Å². The predicted octanol–water partition coefficient (Wildman–Crippen LogP) is 4.40. The maximum Gasteiger partial charge on any atom is 0.318 e. The van der Waals surface area contributed by atoms with Crippen LogP contribution in [0.5, 0.6) is 0 Å². The number of furan rings is 1. The summed E-state index contributed by atoms with van der Waals surface area (Å²) in [5, 5.41) is 3.07. The van der Waals surface area contributed by atoms with E-state index in [0.717, 1.165) is 17.7 Å². The summed E-state index contributed by atoms with van der Waals surface area (Å²) in [6.07, 6.45) is 2.68. The Morgan fingerprint density at radius 3 is 2.50 bits per heavy atom. The Hall–Kier alpha value is -2.27. The highest BCUT2D eigenvalue weighted by atomic mass is 16.5. The van der Waals surface area contributed by atoms with E-state index in [0.29, 0.717) is 25.6 Å². The molecule has 0 saturated carbocycles. The summed E-state index contributed by atoms with van der Waals surface area (Å²) in [6, 6.07) is 12.0. The van der Waals surface area contributed by atoms with Crippen molar-refractivity contribution in [1.29, 1.82) is 0 Å². The van der Waals surface area contributed by atoms with Crippen LogP contribution in [0.2, 0.25) is 0 Å². The van der Waals surface area contributed by atoms with Gasteiger partial charge in [0.25, 0.3) is 0 Å². The van der Waals surface area contributed by atoms with Crippen molar-refractivity contribution in [1.82, 2.24) is 10.2 Å². The second-order valence-corrected chi connectivity index (χ2v) is 7.00. The smallest absolute Gasteiger partial charge is 0.318 e. The van der Waals surface area contributed by atoms with Crippen molar-refractivity contribution < 1.29 is 13.9 Å². The number of carbonyl (C=O) groups excluding carboxylic acids is 1. The van der Waals surface area contributed by atoms with Crippen molar-refractivity contribution in [2.45, 2.75) is 39.8 Å². The second-order valence-electron chi connectivity index (χ2n) is 7.00. The lowest BCUT2D eigenvalue weighted by atomic mass is 10.00. The molecule has 0 aliphatic carbocycles. The number of hydrogen-bond donors (Lipinski definition) is 1. The normalized spacial score (nSPS) is 12.2. The van der Waals surface area contributed by atoms with Crippen LogP contribution in [0.15, 0.2) is 47.1 Å². The highest BCUT2D eigenvalue weighted by Crippen LogP contribution is 2.16. The van der Waals surface area contributed by atoms with E-state index < -0.39 is 0 Å². The van der Waals surface area contributed by atoms with Crippen molar-refractivity contribution in [3.05, 3.63) is 59.5 Å². The molecular formula is C21H30N2O3. The Morgan fingerprint density at radius 2 is 1.92 bits per heavy atom. The van der Waals surface area contributed by atoms with Crippen LogP contribution in [0.4, 0.5) is 4.79 Å². The number of rotatable bonds is 9. The Morgan fingerprint density at radius 1 is 1.19 bits per heavy atom. The molecule has 1 aromatic heterocycles. The first-order valence-electron chi connectivity index (χ1n) is 9.15. The van der Waals surface area contributed by atoms with E-state index in [-0.39, 0.29) is 12.1 Å². The highest BCUT2D eigenvalue weighted by molar-refractivity contribution is 5.74. The van der Waals surface area contributed by atoms with E-state index in [1.54, 1.807) is 18.3 Å². The molecule has 0 saturated heterocycles. The van der Waals surface area contributed by atoms with Gasteiger partial charge in [-0.25, -0.2) is 4.79 Å². The molecular weight excluding hydrogens is 328 g/mol. The molecule has 5 nitrogen and oxygen atoms in total. The molecule has 1 N–H and O–H groups in total. The molecule has 1 aromatic carbocycles. The lowest BCUT2D eigenvalue weighted by Crippen LogP contribution is -2.42. The van der Waals surface area contributed by atoms with Gasteiger partial charge in [0.15, 0.2) is 0 Å². The molecule has 0 fully saturated rings. The molecule has 0 spiro atoms. The first-order chi connectivity index (χ1) is 12.5. The van der Waals surface area contributed by atoms with E-state index in [4.69, 9.17) is 9.15 Å². The van der Waals surface area contributed by atoms with Crippen LogP contribution in [0.1, 0.15) is 43.7 Å². The maximum absolute atomic E-state index is 12.7. The van der Waals surface area contributed by atoms with Crippen LogP contribution in [0.25, 0.3) is 0 Å². The third-order valence-electron chi connectivity index (χ3n) is 4.24. The SMILES string of the molecule is COCCN(Cc1ccco1)C(=O)NC(C)c1ccc(CC(C)C)cc1. The fourth-order valence-electron chi connectivity index (χ4n) is 2.82. The molecule has 0 radical (unpaired) electrons. The fourth-order valence-corrected chi connectivity index (χ4v) is 2.82. The Kier molecular flexibility index (Phi) is 7.73. The monoisotopic (exact) mass is 358 g/mol. The molecule has 1 heterocycles. The van der Waals surface area contributed by atoms with Crippen molar-refractivity contribution in [2.24, 2.45) is 5.92 Å². The van der Waals surface area contributed by atoms with Gasteiger partial charge in [-0.2, -0.15) is 0 Å². The standard InChI is InChI=1S/C21H30N2O3/c1-16(2)14-18-7-9-19(10-8-18)17(3)22-21(24)23(11-13-25-4)15-20-6-5-12-26-20/h5-10,12,16-17H,11,13-15H2,1-4H3,(H,22,24). The molecule has 2 aromatic rings. The minimum absolute atomic E-state index is 0.0720. The second kappa shape index (κ2) is 10.0. The number of ether oxygens (including phenoxy) is 1. The van der Waals surface area contributed by atoms with Crippen LogP contribution in [0, 0.1) is 5.92 Å². The fraction of sp³-hybridized carbons (Fsp3) is 0.476. The highest BCUT2D eigenvalue weighted by Gasteiger charge is 2.18. The third kappa shape index (κ3) is 6.23. The first kappa shape index (κ1) is 20.0.